The minimum absolute atomic E-state index is 0.133. The van der Waals surface area contributed by atoms with Crippen LogP contribution in [0.3, 0.4) is 0 Å². The van der Waals surface area contributed by atoms with Crippen molar-refractivity contribution in [3.8, 4) is 23.0 Å². The van der Waals surface area contributed by atoms with Gasteiger partial charge in [-0.1, -0.05) is 0 Å². The molecular formula is C22H25N2O5+. The number of carbonyl (C=O) groups excluding carboxylic acids is 1. The summed E-state index contributed by atoms with van der Waals surface area (Å²) < 4.78 is 22.8. The Labute approximate surface area is 169 Å². The molecule has 0 fully saturated rings. The summed E-state index contributed by atoms with van der Waals surface area (Å²) in [5, 5.41) is 3.33. The summed E-state index contributed by atoms with van der Waals surface area (Å²) in [5.41, 5.74) is 3.30. The maximum absolute atomic E-state index is 13.2. The lowest BCUT2D eigenvalue weighted by Gasteiger charge is -2.45. The second-order valence-electron chi connectivity index (χ2n) is 8.35. The van der Waals surface area contributed by atoms with E-state index in [1.165, 1.54) is 11.1 Å². The zero-order chi connectivity index (χ0) is 20.4. The lowest BCUT2D eigenvalue weighted by molar-refractivity contribution is -0.951. The third kappa shape index (κ3) is 2.37. The molecule has 0 bridgehead atoms. The number of nitrogens with one attached hydrogen (secondary N) is 1. The van der Waals surface area contributed by atoms with Crippen LogP contribution in [0.1, 0.15) is 27.0 Å². The van der Waals surface area contributed by atoms with E-state index >= 15 is 0 Å². The van der Waals surface area contributed by atoms with Crippen LogP contribution in [0.15, 0.2) is 24.3 Å². The molecule has 1 amide bonds. The topological polar surface area (TPSA) is 66.0 Å². The molecule has 2 aromatic carbocycles. The highest BCUT2D eigenvalue weighted by atomic mass is 16.7. The molecule has 0 aromatic heterocycles. The summed E-state index contributed by atoms with van der Waals surface area (Å²) in [6, 6.07) is 8.02. The number of hydrogen-bond acceptors (Lipinski definition) is 5. The van der Waals surface area contributed by atoms with Gasteiger partial charge in [0.1, 0.15) is 0 Å². The first-order valence-electron chi connectivity index (χ1n) is 9.72. The monoisotopic (exact) mass is 397 g/mol. The van der Waals surface area contributed by atoms with Gasteiger partial charge in [0.2, 0.25) is 12.5 Å². The van der Waals surface area contributed by atoms with E-state index in [2.05, 4.69) is 31.5 Å². The molecule has 1 atom stereocenters. The largest absolute Gasteiger partial charge is 0.493 e. The van der Waals surface area contributed by atoms with Gasteiger partial charge in [0.25, 0.3) is 5.91 Å². The number of quaternary nitrogens is 1. The number of rotatable bonds is 2. The SMILES string of the molecule is COc1ccc2c(c1OC)C(=O)N[C@@]21Cc2cc3c(cc2CC[N+]1(C)C)OCO3. The van der Waals surface area contributed by atoms with E-state index in [9.17, 15) is 4.79 Å². The molecule has 0 unspecified atom stereocenters. The highest BCUT2D eigenvalue weighted by Crippen LogP contribution is 2.48. The Balaban J connectivity index is 1.71. The number of hydrogen-bond donors (Lipinski definition) is 1. The van der Waals surface area contributed by atoms with E-state index in [-0.39, 0.29) is 12.7 Å². The molecule has 1 N–H and O–H groups in total. The fraction of sp³-hybridized carbons (Fsp3) is 0.409. The highest BCUT2D eigenvalue weighted by Gasteiger charge is 2.57. The predicted octanol–water partition coefficient (Wildman–Crippen LogP) is 2.20. The Morgan fingerprint density at radius 2 is 1.79 bits per heavy atom. The van der Waals surface area contributed by atoms with Gasteiger partial charge in [0.05, 0.1) is 52.4 Å². The fourth-order valence-electron chi connectivity index (χ4n) is 4.94. The van der Waals surface area contributed by atoms with Gasteiger partial charge in [0, 0.05) is 6.42 Å². The zero-order valence-electron chi connectivity index (χ0n) is 17.1. The third-order valence-corrected chi connectivity index (χ3v) is 6.65. The molecule has 3 aliphatic heterocycles. The second-order valence-corrected chi connectivity index (χ2v) is 8.35. The molecule has 0 radical (unpaired) electrons. The summed E-state index contributed by atoms with van der Waals surface area (Å²) in [6.07, 6.45) is 1.54. The Morgan fingerprint density at radius 1 is 1.07 bits per heavy atom. The number of fused-ring (bicyclic) bond motifs is 4. The molecule has 1 spiro atoms. The first-order valence-corrected chi connectivity index (χ1v) is 9.72. The molecular weight excluding hydrogens is 372 g/mol. The number of benzene rings is 2. The number of ether oxygens (including phenoxy) is 4. The molecule has 0 saturated heterocycles. The molecule has 5 rings (SSSR count). The quantitative estimate of drug-likeness (QED) is 0.787. The van der Waals surface area contributed by atoms with Crippen molar-refractivity contribution in [3.63, 3.8) is 0 Å². The zero-order valence-corrected chi connectivity index (χ0v) is 17.1. The van der Waals surface area contributed by atoms with E-state index in [1.807, 2.05) is 12.1 Å². The van der Waals surface area contributed by atoms with Gasteiger partial charge >= 0.3 is 0 Å². The van der Waals surface area contributed by atoms with Crippen LogP contribution >= 0.6 is 0 Å². The number of likely N-dealkylation sites (N-methyl/N-ethyl adjacent to an activating group) is 1. The van der Waals surface area contributed by atoms with Crippen molar-refractivity contribution < 1.29 is 28.2 Å². The summed E-state index contributed by atoms with van der Waals surface area (Å²) in [5.74, 6) is 2.47. The van der Waals surface area contributed by atoms with Crippen LogP contribution in [0, 0.1) is 0 Å². The Kier molecular flexibility index (Phi) is 3.77. The van der Waals surface area contributed by atoms with Crippen LogP contribution in [0.5, 0.6) is 23.0 Å². The van der Waals surface area contributed by atoms with Gasteiger partial charge in [-0.2, -0.15) is 0 Å². The second kappa shape index (κ2) is 6.03. The van der Waals surface area contributed by atoms with Crippen LogP contribution < -0.4 is 24.3 Å². The summed E-state index contributed by atoms with van der Waals surface area (Å²) in [7, 11) is 7.48. The molecule has 152 valence electrons. The molecule has 3 aliphatic rings. The first kappa shape index (κ1) is 18.1. The molecule has 0 saturated carbocycles. The number of carbonyl (C=O) groups is 1. The van der Waals surface area contributed by atoms with E-state index in [4.69, 9.17) is 18.9 Å². The van der Waals surface area contributed by atoms with Crippen molar-refractivity contribution >= 4 is 5.91 Å². The Morgan fingerprint density at radius 3 is 2.48 bits per heavy atom. The number of methoxy groups -OCH3 is 2. The normalized spacial score (nSPS) is 23.2. The van der Waals surface area contributed by atoms with Crippen LogP contribution in [0.4, 0.5) is 0 Å². The van der Waals surface area contributed by atoms with Gasteiger partial charge < -0.3 is 23.4 Å². The lowest BCUT2D eigenvalue weighted by atomic mass is 9.88. The van der Waals surface area contributed by atoms with Gasteiger partial charge in [-0.15, -0.1) is 0 Å². The minimum Gasteiger partial charge on any atom is -0.493 e. The summed E-state index contributed by atoms with van der Waals surface area (Å²) >= 11 is 0. The molecule has 7 nitrogen and oxygen atoms in total. The average Bonchev–Trinajstić information content (AvgIpc) is 3.25. The van der Waals surface area contributed by atoms with Crippen LogP contribution in [0.2, 0.25) is 0 Å². The standard InChI is InChI=1S/C22H24N2O5/c1-24(2)8-7-13-9-17-18(29-12-28-17)10-14(13)11-22(24)15-5-6-16(26-3)20(27-4)19(15)21(25)23-22/h5-6,9-10H,7-8,11-12H2,1-4H3/p+1/t22-/m1/s1. The lowest BCUT2D eigenvalue weighted by Crippen LogP contribution is -2.64. The van der Waals surface area contributed by atoms with E-state index in [0.29, 0.717) is 28.0 Å². The van der Waals surface area contributed by atoms with Crippen molar-refractivity contribution in [2.75, 3.05) is 41.7 Å². The highest BCUT2D eigenvalue weighted by molar-refractivity contribution is 6.03. The van der Waals surface area contributed by atoms with Crippen molar-refractivity contribution in [2.24, 2.45) is 0 Å². The minimum atomic E-state index is -0.606. The van der Waals surface area contributed by atoms with E-state index in [1.54, 1.807) is 14.2 Å². The van der Waals surface area contributed by atoms with Crippen molar-refractivity contribution in [2.45, 2.75) is 18.5 Å². The van der Waals surface area contributed by atoms with E-state index in [0.717, 1.165) is 30.0 Å². The van der Waals surface area contributed by atoms with Gasteiger partial charge in [-0.3, -0.25) is 10.1 Å². The van der Waals surface area contributed by atoms with Gasteiger partial charge in [-0.25, -0.2) is 0 Å². The number of nitrogens with zero attached hydrogens (tertiary/aromatic N) is 1. The molecule has 29 heavy (non-hydrogen) atoms. The van der Waals surface area contributed by atoms with Crippen LogP contribution in [-0.2, 0) is 18.5 Å². The molecule has 7 heteroatoms. The van der Waals surface area contributed by atoms with Gasteiger partial charge in [-0.05, 0) is 35.4 Å². The van der Waals surface area contributed by atoms with E-state index < -0.39 is 5.66 Å². The predicted molar refractivity (Wildman–Crippen MR) is 106 cm³/mol. The van der Waals surface area contributed by atoms with Crippen LogP contribution in [0.25, 0.3) is 0 Å². The molecule has 3 heterocycles. The van der Waals surface area contributed by atoms with Crippen molar-refractivity contribution in [1.82, 2.24) is 5.32 Å². The maximum atomic E-state index is 13.2. The molecule has 2 aromatic rings. The third-order valence-electron chi connectivity index (χ3n) is 6.65. The van der Waals surface area contributed by atoms with Crippen molar-refractivity contribution in [3.05, 3.63) is 46.5 Å². The fourth-order valence-corrected chi connectivity index (χ4v) is 4.94. The Bertz CT molecular complexity index is 1030. The molecule has 0 aliphatic carbocycles. The maximum Gasteiger partial charge on any atom is 0.260 e. The summed E-state index contributed by atoms with van der Waals surface area (Å²) in [6.45, 7) is 1.11. The number of amides is 1. The van der Waals surface area contributed by atoms with Gasteiger partial charge in [0.15, 0.2) is 23.0 Å². The smallest absolute Gasteiger partial charge is 0.260 e. The average molecular weight is 397 g/mol. The van der Waals surface area contributed by atoms with Crippen molar-refractivity contribution in [1.29, 1.82) is 0 Å². The summed E-state index contributed by atoms with van der Waals surface area (Å²) in [4.78, 5) is 13.2. The van der Waals surface area contributed by atoms with Crippen LogP contribution in [-0.4, -0.2) is 52.0 Å². The first-order chi connectivity index (χ1) is 13.9. The Hall–Kier alpha value is -2.93.